The van der Waals surface area contributed by atoms with Crippen molar-refractivity contribution in [2.45, 2.75) is 23.9 Å². The lowest BCUT2D eigenvalue weighted by Crippen LogP contribution is -2.71. The van der Waals surface area contributed by atoms with Gasteiger partial charge in [0.2, 0.25) is 11.5 Å². The van der Waals surface area contributed by atoms with Crippen molar-refractivity contribution in [3.05, 3.63) is 29.2 Å². The second kappa shape index (κ2) is 9.32. The first kappa shape index (κ1) is 24.1. The van der Waals surface area contributed by atoms with E-state index in [2.05, 4.69) is 19.8 Å². The molecule has 34 heavy (non-hydrogen) atoms. The first-order valence-corrected chi connectivity index (χ1v) is 12.1. The van der Waals surface area contributed by atoms with E-state index in [1.807, 2.05) is 20.2 Å². The molecule has 4 heterocycles. The Balaban J connectivity index is 1.49. The smallest absolute Gasteiger partial charge is 0.352 e. The molecule has 0 radical (unpaired) electrons. The minimum Gasteiger partial charge on any atom is -0.477 e. The number of aromatic nitrogens is 2. The predicted molar refractivity (Wildman–Crippen MR) is 123 cm³/mol. The fourth-order valence-electron chi connectivity index (χ4n) is 3.85. The molecule has 1 aromatic heterocycles. The number of nitrogens with zero attached hydrogens (tertiary/aromatic N) is 5. The van der Waals surface area contributed by atoms with Crippen molar-refractivity contribution in [2.75, 3.05) is 39.2 Å². The highest BCUT2D eigenvalue weighted by Gasteiger charge is 2.54. The van der Waals surface area contributed by atoms with Crippen molar-refractivity contribution in [1.82, 2.24) is 19.6 Å². The SMILES string of the molecule is CO/N=C(\C(=O)N[C@@H]1C(=O)N2C(C(=O)O)=C(/C=C/[C@@H]3CC[N+](C)(C)O3)CS[C@H]12)c1nsc(N)n1. The van der Waals surface area contributed by atoms with Gasteiger partial charge in [-0.15, -0.1) is 11.8 Å². The molecule has 3 aliphatic rings. The number of nitrogen functional groups attached to an aromatic ring is 1. The van der Waals surface area contributed by atoms with Crippen LogP contribution in [0, 0.1) is 0 Å². The Bertz CT molecular complexity index is 1110. The molecule has 15 heteroatoms. The number of hydroxylamine groups is 3. The second-order valence-electron chi connectivity index (χ2n) is 8.21. The van der Waals surface area contributed by atoms with Crippen LogP contribution in [0.5, 0.6) is 0 Å². The molecule has 0 aromatic carbocycles. The van der Waals surface area contributed by atoms with Gasteiger partial charge in [0.25, 0.3) is 11.8 Å². The van der Waals surface area contributed by atoms with Gasteiger partial charge in [0.15, 0.2) is 5.13 Å². The third-order valence-electron chi connectivity index (χ3n) is 5.42. The van der Waals surface area contributed by atoms with E-state index in [1.54, 1.807) is 6.08 Å². The van der Waals surface area contributed by atoms with Gasteiger partial charge in [0.05, 0.1) is 14.1 Å². The monoisotopic (exact) mass is 510 g/mol. The topological polar surface area (TPSA) is 169 Å². The van der Waals surface area contributed by atoms with Crippen LogP contribution in [0.15, 0.2) is 28.6 Å². The maximum Gasteiger partial charge on any atom is 0.352 e. The number of allylic oxidation sites excluding steroid dienone is 1. The Morgan fingerprint density at radius 3 is 2.79 bits per heavy atom. The number of carbonyl (C=O) groups is 3. The Morgan fingerprint density at radius 2 is 2.21 bits per heavy atom. The molecule has 0 bridgehead atoms. The fraction of sp³-hybridized carbons (Fsp3) is 0.474. The number of carboxylic acids is 1. The highest BCUT2D eigenvalue weighted by atomic mass is 32.2. The number of quaternary nitrogens is 1. The van der Waals surface area contributed by atoms with Crippen LogP contribution in [0.25, 0.3) is 0 Å². The van der Waals surface area contributed by atoms with Crippen molar-refractivity contribution in [3.63, 3.8) is 0 Å². The second-order valence-corrected chi connectivity index (χ2v) is 10.1. The summed E-state index contributed by atoms with van der Waals surface area (Å²) in [6, 6.07) is -0.938. The molecule has 0 spiro atoms. The lowest BCUT2D eigenvalue weighted by Gasteiger charge is -2.49. The molecule has 13 nitrogen and oxygen atoms in total. The third-order valence-corrected chi connectivity index (χ3v) is 7.27. The number of carbonyl (C=O) groups excluding carboxylic acids is 2. The summed E-state index contributed by atoms with van der Waals surface area (Å²) in [5.74, 6) is -2.16. The quantitative estimate of drug-likeness (QED) is 0.189. The Hall–Kier alpha value is -3.01. The summed E-state index contributed by atoms with van der Waals surface area (Å²) in [6.45, 7) is 0.847. The highest BCUT2D eigenvalue weighted by molar-refractivity contribution is 8.00. The third kappa shape index (κ3) is 4.64. The van der Waals surface area contributed by atoms with Gasteiger partial charge in [-0.2, -0.15) is 18.8 Å². The van der Waals surface area contributed by atoms with E-state index < -0.39 is 29.2 Å². The van der Waals surface area contributed by atoms with Crippen molar-refractivity contribution in [2.24, 2.45) is 5.16 Å². The number of hydrogen-bond donors (Lipinski definition) is 3. The number of hydrogen-bond acceptors (Lipinski definition) is 11. The van der Waals surface area contributed by atoms with Crippen molar-refractivity contribution in [1.29, 1.82) is 0 Å². The lowest BCUT2D eigenvalue weighted by molar-refractivity contribution is -1.06. The zero-order valence-corrected chi connectivity index (χ0v) is 20.3. The highest BCUT2D eigenvalue weighted by Crippen LogP contribution is 2.40. The number of fused-ring (bicyclic) bond motifs is 1. The number of oxime groups is 1. The largest absolute Gasteiger partial charge is 0.477 e. The van der Waals surface area contributed by atoms with E-state index in [9.17, 15) is 19.5 Å². The van der Waals surface area contributed by atoms with Gasteiger partial charge in [-0.05, 0) is 11.6 Å². The normalized spacial score (nSPS) is 26.4. The van der Waals surface area contributed by atoms with Crippen LogP contribution in [0.2, 0.25) is 0 Å². The van der Waals surface area contributed by atoms with Gasteiger partial charge in [-0.1, -0.05) is 11.2 Å². The first-order valence-electron chi connectivity index (χ1n) is 10.2. The Labute approximate surface area is 203 Å². The van der Waals surface area contributed by atoms with Crippen LogP contribution in [0.1, 0.15) is 12.2 Å². The number of anilines is 1. The molecule has 4 N–H and O–H groups in total. The summed E-state index contributed by atoms with van der Waals surface area (Å²) in [5.41, 5.74) is 5.75. The molecular formula is C19H24N7O6S2+. The number of amides is 2. The van der Waals surface area contributed by atoms with E-state index in [4.69, 9.17) is 15.4 Å². The van der Waals surface area contributed by atoms with Crippen LogP contribution >= 0.6 is 23.3 Å². The van der Waals surface area contributed by atoms with Gasteiger partial charge in [-0.25, -0.2) is 4.79 Å². The van der Waals surface area contributed by atoms with E-state index in [0.29, 0.717) is 16.0 Å². The predicted octanol–water partition coefficient (Wildman–Crippen LogP) is -0.454. The van der Waals surface area contributed by atoms with Crippen LogP contribution < -0.4 is 11.1 Å². The summed E-state index contributed by atoms with van der Waals surface area (Å²) < 4.78 is 4.37. The van der Waals surface area contributed by atoms with E-state index in [0.717, 1.165) is 24.5 Å². The average Bonchev–Trinajstić information content (AvgIpc) is 3.37. The molecule has 2 amide bonds. The zero-order valence-electron chi connectivity index (χ0n) is 18.6. The summed E-state index contributed by atoms with van der Waals surface area (Å²) in [7, 11) is 5.16. The standard InChI is InChI=1S/C19H23N7O6S2/c1-26(2)7-6-10(32-26)5-4-9-8-33-17-12(16(28)25(17)13(9)18(29)30)21-15(27)11(23-31-3)14-22-19(20)34-24-14/h4-5,10,12,17H,6-8H2,1-3H3,(H3-,20,21,22,24,27,29,30)/p+1/b5-4+,23-11-/t10-,12-,17-/m1/s1. The van der Waals surface area contributed by atoms with Crippen molar-refractivity contribution < 1.29 is 33.8 Å². The van der Waals surface area contributed by atoms with Crippen LogP contribution in [-0.4, -0.2) is 98.5 Å². The molecule has 1 aromatic rings. The molecule has 3 aliphatic heterocycles. The molecule has 2 fully saturated rings. The zero-order chi connectivity index (χ0) is 24.6. The maximum atomic E-state index is 12.9. The number of aliphatic carboxylic acids is 1. The van der Waals surface area contributed by atoms with Gasteiger partial charge in [0, 0.05) is 23.7 Å². The molecule has 2 saturated heterocycles. The number of carboxylic acid groups (broad SMARTS) is 1. The first-order chi connectivity index (χ1) is 16.1. The molecule has 182 valence electrons. The van der Waals surface area contributed by atoms with Gasteiger partial charge >= 0.3 is 5.97 Å². The summed E-state index contributed by atoms with van der Waals surface area (Å²) in [4.78, 5) is 53.4. The molecular weight excluding hydrogens is 486 g/mol. The molecule has 0 unspecified atom stereocenters. The number of β-lactam (4-membered cyclic amide) rings is 1. The summed E-state index contributed by atoms with van der Waals surface area (Å²) in [6.07, 6.45) is 4.22. The van der Waals surface area contributed by atoms with Crippen LogP contribution in [0.4, 0.5) is 5.13 Å². The van der Waals surface area contributed by atoms with Crippen molar-refractivity contribution in [3.8, 4) is 0 Å². The Kier molecular flexibility index (Phi) is 6.62. The molecule has 0 saturated carbocycles. The van der Waals surface area contributed by atoms with E-state index in [-0.39, 0.29) is 28.5 Å². The molecule has 0 aliphatic carbocycles. The van der Waals surface area contributed by atoms with Crippen LogP contribution in [0.3, 0.4) is 0 Å². The minimum absolute atomic E-state index is 0.0312. The maximum absolute atomic E-state index is 12.9. The fourth-order valence-corrected chi connectivity index (χ4v) is 5.61. The Morgan fingerprint density at radius 1 is 1.44 bits per heavy atom. The van der Waals surface area contributed by atoms with E-state index in [1.165, 1.54) is 23.8 Å². The average molecular weight is 511 g/mol. The number of nitrogens with two attached hydrogens (primary N) is 1. The van der Waals surface area contributed by atoms with E-state index >= 15 is 0 Å². The number of thioether (sulfide) groups is 1. The molecule has 4 rings (SSSR count). The van der Waals surface area contributed by atoms with Gasteiger partial charge < -0.3 is 21.0 Å². The van der Waals surface area contributed by atoms with Gasteiger partial charge in [-0.3, -0.25) is 14.5 Å². The lowest BCUT2D eigenvalue weighted by atomic mass is 10.0. The summed E-state index contributed by atoms with van der Waals surface area (Å²) >= 11 is 2.24. The summed E-state index contributed by atoms with van der Waals surface area (Å²) in [5, 5.41) is 15.6. The number of rotatable bonds is 7. The van der Waals surface area contributed by atoms with Crippen molar-refractivity contribution >= 4 is 51.9 Å². The minimum atomic E-state index is -1.21. The molecule has 3 atom stereocenters. The van der Waals surface area contributed by atoms with Gasteiger partial charge in [0.1, 0.15) is 36.9 Å². The number of nitrogens with one attached hydrogen (secondary N) is 1. The van der Waals surface area contributed by atoms with Crippen LogP contribution in [-0.2, 0) is 24.1 Å².